The summed E-state index contributed by atoms with van der Waals surface area (Å²) in [6.45, 7) is 6.06. The molecule has 2 N–H and O–H groups in total. The number of para-hydroxylation sites is 1. The normalized spacial score (nSPS) is 13.5. The molecule has 3 aromatic rings. The molecule has 1 saturated heterocycles. The molecule has 1 fully saturated rings. The highest BCUT2D eigenvalue weighted by molar-refractivity contribution is 7.17. The van der Waals surface area contributed by atoms with Gasteiger partial charge in [0.25, 0.3) is 5.91 Å². The number of ether oxygens (including phenoxy) is 1. The summed E-state index contributed by atoms with van der Waals surface area (Å²) in [6, 6.07) is 7.27. The van der Waals surface area contributed by atoms with Crippen molar-refractivity contribution in [2.45, 2.75) is 13.8 Å². The number of carbonyl (C=O) groups excluding carboxylic acids is 2. The predicted octanol–water partition coefficient (Wildman–Crippen LogP) is 4.09. The maximum Gasteiger partial charge on any atom is 0.409 e. The van der Waals surface area contributed by atoms with Gasteiger partial charge in [0.1, 0.15) is 22.3 Å². The van der Waals surface area contributed by atoms with Gasteiger partial charge in [0.15, 0.2) is 5.13 Å². The number of hydrogen-bond donors (Lipinski definition) is 2. The Morgan fingerprint density at radius 3 is 2.62 bits per heavy atom. The number of carbonyl (C=O) groups is 2. The first kappa shape index (κ1) is 23.7. The molecule has 0 aliphatic carbocycles. The van der Waals surface area contributed by atoms with Crippen LogP contribution >= 0.6 is 22.9 Å². The van der Waals surface area contributed by atoms with E-state index >= 15 is 0 Å². The van der Waals surface area contributed by atoms with Crippen molar-refractivity contribution in [3.05, 3.63) is 51.7 Å². The second-order valence-electron chi connectivity index (χ2n) is 7.64. The number of aromatic nitrogens is 3. The number of anilines is 4. The third-order valence-electron chi connectivity index (χ3n) is 5.29. The predicted molar refractivity (Wildman–Crippen MR) is 132 cm³/mol. The Bertz CT molecular complexity index is 1190. The molecule has 0 spiro atoms. The van der Waals surface area contributed by atoms with Crippen LogP contribution in [0.3, 0.4) is 0 Å². The molecule has 1 aromatic carbocycles. The minimum absolute atomic E-state index is 0.287. The van der Waals surface area contributed by atoms with Crippen molar-refractivity contribution < 1.29 is 14.3 Å². The average molecular weight is 502 g/mol. The van der Waals surface area contributed by atoms with Crippen molar-refractivity contribution in [3.63, 3.8) is 0 Å². The van der Waals surface area contributed by atoms with Crippen LogP contribution in [0.1, 0.15) is 21.1 Å². The molecule has 12 heteroatoms. The van der Waals surface area contributed by atoms with Gasteiger partial charge < -0.3 is 25.2 Å². The lowest BCUT2D eigenvalue weighted by Crippen LogP contribution is -2.49. The number of hydrogen-bond acceptors (Lipinski definition) is 9. The Morgan fingerprint density at radius 2 is 1.91 bits per heavy atom. The SMILES string of the molecule is COC(=O)N1CCN(c2cc(Nc3ncc(C(=O)Nc4c(C)cccc4Cl)s3)nc(C)n2)CC1. The van der Waals surface area contributed by atoms with Crippen molar-refractivity contribution in [2.24, 2.45) is 0 Å². The summed E-state index contributed by atoms with van der Waals surface area (Å²) in [5.74, 6) is 1.63. The molecule has 0 radical (unpaired) electrons. The number of benzene rings is 1. The molecule has 2 aromatic heterocycles. The van der Waals surface area contributed by atoms with Crippen LogP contribution in [-0.2, 0) is 4.74 Å². The Hall–Kier alpha value is -3.44. The van der Waals surface area contributed by atoms with E-state index in [2.05, 4.69) is 30.5 Å². The Balaban J connectivity index is 1.43. The monoisotopic (exact) mass is 501 g/mol. The molecule has 0 unspecified atom stereocenters. The van der Waals surface area contributed by atoms with Crippen LogP contribution in [-0.4, -0.2) is 65.1 Å². The van der Waals surface area contributed by atoms with E-state index in [1.54, 1.807) is 11.0 Å². The second-order valence-corrected chi connectivity index (χ2v) is 9.08. The summed E-state index contributed by atoms with van der Waals surface area (Å²) in [4.78, 5) is 41.9. The largest absolute Gasteiger partial charge is 0.453 e. The van der Waals surface area contributed by atoms with E-state index in [0.29, 0.717) is 58.5 Å². The minimum atomic E-state index is -0.325. The summed E-state index contributed by atoms with van der Waals surface area (Å²) in [6.07, 6.45) is 1.18. The van der Waals surface area contributed by atoms with Gasteiger partial charge >= 0.3 is 6.09 Å². The molecule has 4 rings (SSSR count). The zero-order chi connectivity index (χ0) is 24.2. The molecule has 1 aliphatic heterocycles. The smallest absolute Gasteiger partial charge is 0.409 e. The van der Waals surface area contributed by atoms with E-state index in [1.165, 1.54) is 24.6 Å². The first-order chi connectivity index (χ1) is 16.3. The summed E-state index contributed by atoms with van der Waals surface area (Å²) in [5.41, 5.74) is 1.46. The number of piperazine rings is 1. The molecule has 1 aliphatic rings. The average Bonchev–Trinajstić information content (AvgIpc) is 3.29. The number of methoxy groups -OCH3 is 1. The van der Waals surface area contributed by atoms with Crippen molar-refractivity contribution in [3.8, 4) is 0 Å². The molecule has 0 bridgehead atoms. The number of amides is 2. The molecule has 10 nitrogen and oxygen atoms in total. The topological polar surface area (TPSA) is 113 Å². The minimum Gasteiger partial charge on any atom is -0.453 e. The summed E-state index contributed by atoms with van der Waals surface area (Å²) in [7, 11) is 1.38. The first-order valence-corrected chi connectivity index (χ1v) is 11.8. The highest BCUT2D eigenvalue weighted by Gasteiger charge is 2.23. The fourth-order valence-corrected chi connectivity index (χ4v) is 4.52. The van der Waals surface area contributed by atoms with E-state index in [-0.39, 0.29) is 12.0 Å². The molecule has 0 saturated carbocycles. The van der Waals surface area contributed by atoms with Crippen LogP contribution in [0.5, 0.6) is 0 Å². The lowest BCUT2D eigenvalue weighted by Gasteiger charge is -2.34. The maximum atomic E-state index is 12.7. The molecule has 34 heavy (non-hydrogen) atoms. The van der Waals surface area contributed by atoms with Gasteiger partial charge in [-0.3, -0.25) is 4.79 Å². The van der Waals surface area contributed by atoms with Gasteiger partial charge in [0.2, 0.25) is 0 Å². The number of aryl methyl sites for hydroxylation is 2. The van der Waals surface area contributed by atoms with E-state index < -0.39 is 0 Å². The summed E-state index contributed by atoms with van der Waals surface area (Å²) >= 11 is 7.43. The molecule has 178 valence electrons. The van der Waals surface area contributed by atoms with Crippen molar-refractivity contribution in [1.29, 1.82) is 0 Å². The summed E-state index contributed by atoms with van der Waals surface area (Å²) < 4.78 is 4.79. The van der Waals surface area contributed by atoms with Crippen molar-refractivity contribution >= 4 is 57.4 Å². The van der Waals surface area contributed by atoms with Gasteiger partial charge in [-0.05, 0) is 25.5 Å². The van der Waals surface area contributed by atoms with Gasteiger partial charge in [-0.15, -0.1) is 0 Å². The fraction of sp³-hybridized carbons (Fsp3) is 0.318. The van der Waals surface area contributed by atoms with Crippen molar-refractivity contribution in [1.82, 2.24) is 19.9 Å². The van der Waals surface area contributed by atoms with Gasteiger partial charge in [0.05, 0.1) is 24.0 Å². The molecule has 3 heterocycles. The van der Waals surface area contributed by atoms with Crippen LogP contribution in [0.15, 0.2) is 30.5 Å². The van der Waals surface area contributed by atoms with Crippen LogP contribution in [0, 0.1) is 13.8 Å². The van der Waals surface area contributed by atoms with Crippen LogP contribution in [0.2, 0.25) is 5.02 Å². The highest BCUT2D eigenvalue weighted by atomic mass is 35.5. The first-order valence-electron chi connectivity index (χ1n) is 10.6. The lowest BCUT2D eigenvalue weighted by atomic mass is 10.2. The van der Waals surface area contributed by atoms with Gasteiger partial charge in [0, 0.05) is 32.2 Å². The Morgan fingerprint density at radius 1 is 1.15 bits per heavy atom. The quantitative estimate of drug-likeness (QED) is 0.537. The van der Waals surface area contributed by atoms with E-state index in [0.717, 1.165) is 11.4 Å². The van der Waals surface area contributed by atoms with Crippen LogP contribution < -0.4 is 15.5 Å². The van der Waals surface area contributed by atoms with Crippen LogP contribution in [0.25, 0.3) is 0 Å². The maximum absolute atomic E-state index is 12.7. The Labute approximate surface area is 205 Å². The number of rotatable bonds is 5. The van der Waals surface area contributed by atoms with E-state index in [9.17, 15) is 9.59 Å². The number of nitrogens with one attached hydrogen (secondary N) is 2. The Kier molecular flexibility index (Phi) is 7.13. The number of halogens is 1. The van der Waals surface area contributed by atoms with Gasteiger partial charge in [-0.25, -0.2) is 19.7 Å². The third kappa shape index (κ3) is 5.37. The van der Waals surface area contributed by atoms with Gasteiger partial charge in [-0.2, -0.15) is 0 Å². The number of nitrogens with zero attached hydrogens (tertiary/aromatic N) is 5. The van der Waals surface area contributed by atoms with Gasteiger partial charge in [-0.1, -0.05) is 35.1 Å². The molecule has 0 atom stereocenters. The lowest BCUT2D eigenvalue weighted by molar-refractivity contribution is 0.103. The number of thiazole rings is 1. The van der Waals surface area contributed by atoms with Crippen molar-refractivity contribution in [2.75, 3.05) is 48.8 Å². The van der Waals surface area contributed by atoms with E-state index in [4.69, 9.17) is 16.3 Å². The summed E-state index contributed by atoms with van der Waals surface area (Å²) in [5, 5.41) is 7.02. The molecular weight excluding hydrogens is 478 g/mol. The van der Waals surface area contributed by atoms with E-state index in [1.807, 2.05) is 32.0 Å². The fourth-order valence-electron chi connectivity index (χ4n) is 3.54. The van der Waals surface area contributed by atoms with Crippen LogP contribution in [0.4, 0.5) is 27.2 Å². The zero-order valence-electron chi connectivity index (χ0n) is 19.0. The second kappa shape index (κ2) is 10.2. The molecule has 2 amide bonds. The standard InChI is InChI=1S/C22H24ClN7O3S/c1-13-5-4-6-15(23)19(13)28-20(31)16-12-24-21(34-16)27-17-11-18(26-14(2)25-17)29-7-9-30(10-8-29)22(32)33-3/h4-6,11-12H,7-10H2,1-3H3,(H,28,31)(H,24,25,26,27). The molecular formula is C22H24ClN7O3S. The highest BCUT2D eigenvalue weighted by Crippen LogP contribution is 2.28. The third-order valence-corrected chi connectivity index (χ3v) is 6.51. The zero-order valence-corrected chi connectivity index (χ0v) is 20.5.